The van der Waals surface area contributed by atoms with Crippen LogP contribution in [-0.4, -0.2) is 0 Å². The monoisotopic (exact) mass is 831 g/mol. The molecule has 0 aliphatic heterocycles. The number of anilines is 3. The van der Waals surface area contributed by atoms with Crippen LogP contribution in [0.25, 0.3) is 88.7 Å². The molecule has 1 heterocycles. The zero-order valence-electron chi connectivity index (χ0n) is 36.4. The maximum absolute atomic E-state index is 6.44. The van der Waals surface area contributed by atoms with Crippen LogP contribution >= 0.6 is 0 Å². The van der Waals surface area contributed by atoms with E-state index in [1.807, 2.05) is 12.1 Å². The molecule has 65 heavy (non-hydrogen) atoms. The summed E-state index contributed by atoms with van der Waals surface area (Å²) in [6.45, 7) is 4.70. The van der Waals surface area contributed by atoms with Crippen LogP contribution in [0.5, 0.6) is 0 Å². The van der Waals surface area contributed by atoms with Crippen LogP contribution in [0.2, 0.25) is 0 Å². The van der Waals surface area contributed by atoms with E-state index < -0.39 is 0 Å². The lowest BCUT2D eigenvalue weighted by Gasteiger charge is -2.28. The molecule has 0 spiro atoms. The van der Waals surface area contributed by atoms with Crippen molar-refractivity contribution < 1.29 is 4.42 Å². The van der Waals surface area contributed by atoms with Crippen LogP contribution in [0.4, 0.5) is 17.1 Å². The van der Waals surface area contributed by atoms with E-state index in [0.29, 0.717) is 0 Å². The molecule has 1 aliphatic carbocycles. The molecule has 2 heteroatoms. The van der Waals surface area contributed by atoms with E-state index in [1.165, 1.54) is 55.6 Å². The van der Waals surface area contributed by atoms with Crippen molar-refractivity contribution in [2.45, 2.75) is 19.3 Å². The van der Waals surface area contributed by atoms with Gasteiger partial charge in [0.15, 0.2) is 0 Å². The Kier molecular flexibility index (Phi) is 9.21. The van der Waals surface area contributed by atoms with Crippen LogP contribution < -0.4 is 4.90 Å². The lowest BCUT2D eigenvalue weighted by atomic mass is 9.82. The summed E-state index contributed by atoms with van der Waals surface area (Å²) in [5, 5.41) is 2.28. The molecule has 1 aromatic heterocycles. The van der Waals surface area contributed by atoms with Gasteiger partial charge in [0, 0.05) is 38.8 Å². The molecule has 0 N–H and O–H groups in total. The maximum Gasteiger partial charge on any atom is 0.143 e. The first kappa shape index (κ1) is 38.5. The zero-order chi connectivity index (χ0) is 43.5. The van der Waals surface area contributed by atoms with Crippen LogP contribution in [0.1, 0.15) is 25.0 Å². The molecule has 0 fully saturated rings. The highest BCUT2D eigenvalue weighted by atomic mass is 16.3. The van der Waals surface area contributed by atoms with Crippen molar-refractivity contribution in [3.63, 3.8) is 0 Å². The standard InChI is InChI=1S/C63H45NO/c1-63(2)59-22-11-9-18-54(59)55-39-37-51(41-60(55)63)64(49-33-28-44(29-34-49)42-14-5-3-6-15-42)50-35-30-45(31-36-50)52-38-32-48(43-16-7-4-8-17-43)40-58(52)47-26-24-46(25-27-47)53-20-13-21-57-56-19-10-12-23-61(56)65-62(53)57/h3-41H,1-2H3. The molecule has 0 atom stereocenters. The van der Waals surface area contributed by atoms with Gasteiger partial charge in [-0.05, 0) is 121 Å². The fourth-order valence-electron chi connectivity index (χ4n) is 10.2. The molecule has 0 radical (unpaired) electrons. The number of nitrogens with zero attached hydrogens (tertiary/aromatic N) is 1. The van der Waals surface area contributed by atoms with Gasteiger partial charge in [-0.3, -0.25) is 0 Å². The van der Waals surface area contributed by atoms with Crippen molar-refractivity contribution in [3.05, 3.63) is 248 Å². The highest BCUT2D eigenvalue weighted by Gasteiger charge is 2.35. The van der Waals surface area contributed by atoms with Gasteiger partial charge in [-0.15, -0.1) is 0 Å². The number of rotatable bonds is 8. The van der Waals surface area contributed by atoms with Gasteiger partial charge in [0.25, 0.3) is 0 Å². The van der Waals surface area contributed by atoms with Gasteiger partial charge >= 0.3 is 0 Å². The Morgan fingerprint density at radius 1 is 0.308 bits per heavy atom. The van der Waals surface area contributed by atoms with E-state index in [-0.39, 0.29) is 5.41 Å². The molecule has 10 aromatic carbocycles. The van der Waals surface area contributed by atoms with Crippen LogP contribution in [0, 0.1) is 0 Å². The van der Waals surface area contributed by atoms with Crippen molar-refractivity contribution in [3.8, 4) is 66.8 Å². The number of hydrogen-bond acceptors (Lipinski definition) is 2. The maximum atomic E-state index is 6.44. The number of hydrogen-bond donors (Lipinski definition) is 0. The average Bonchev–Trinajstić information content (AvgIpc) is 3.87. The van der Waals surface area contributed by atoms with Gasteiger partial charge in [-0.2, -0.15) is 0 Å². The Balaban J connectivity index is 0.947. The molecule has 308 valence electrons. The third-order valence-corrected chi connectivity index (χ3v) is 13.5. The van der Waals surface area contributed by atoms with E-state index in [2.05, 4.69) is 243 Å². The average molecular weight is 832 g/mol. The van der Waals surface area contributed by atoms with Gasteiger partial charge in [0.1, 0.15) is 11.2 Å². The van der Waals surface area contributed by atoms with E-state index in [4.69, 9.17) is 4.42 Å². The van der Waals surface area contributed by atoms with E-state index >= 15 is 0 Å². The lowest BCUT2D eigenvalue weighted by Crippen LogP contribution is -2.16. The summed E-state index contributed by atoms with van der Waals surface area (Å²) in [6.07, 6.45) is 0. The lowest BCUT2D eigenvalue weighted by molar-refractivity contribution is 0.660. The van der Waals surface area contributed by atoms with E-state index in [0.717, 1.165) is 61.3 Å². The summed E-state index contributed by atoms with van der Waals surface area (Å²) in [6, 6.07) is 85.8. The van der Waals surface area contributed by atoms with Gasteiger partial charge in [0.2, 0.25) is 0 Å². The fourth-order valence-corrected chi connectivity index (χ4v) is 10.2. The fraction of sp³-hybridized carbons (Fsp3) is 0.0476. The number of fused-ring (bicyclic) bond motifs is 6. The largest absolute Gasteiger partial charge is 0.455 e. The number of furan rings is 1. The minimum Gasteiger partial charge on any atom is -0.455 e. The molecule has 11 aromatic rings. The number of para-hydroxylation sites is 2. The first-order chi connectivity index (χ1) is 32.0. The third-order valence-electron chi connectivity index (χ3n) is 13.5. The van der Waals surface area contributed by atoms with Crippen LogP contribution in [0.3, 0.4) is 0 Å². The summed E-state index contributed by atoms with van der Waals surface area (Å²) in [4.78, 5) is 2.40. The SMILES string of the molecule is CC1(C)c2ccccc2-c2ccc(N(c3ccc(-c4ccccc4)cc3)c3ccc(-c4ccc(-c5ccccc5)cc4-c4ccc(-c5cccc6c5oc5ccccc56)cc4)cc3)cc21. The predicted molar refractivity (Wildman–Crippen MR) is 273 cm³/mol. The molecular weight excluding hydrogens is 787 g/mol. The molecule has 0 saturated carbocycles. The second-order valence-corrected chi connectivity index (χ2v) is 17.7. The molecule has 1 aliphatic rings. The Morgan fingerprint density at radius 3 is 1.51 bits per heavy atom. The highest BCUT2D eigenvalue weighted by molar-refractivity contribution is 6.09. The predicted octanol–water partition coefficient (Wildman–Crippen LogP) is 17.7. The summed E-state index contributed by atoms with van der Waals surface area (Å²) in [5.74, 6) is 0. The Hall–Kier alpha value is -8.20. The van der Waals surface area contributed by atoms with Crippen molar-refractivity contribution in [1.29, 1.82) is 0 Å². The van der Waals surface area contributed by atoms with Gasteiger partial charge < -0.3 is 9.32 Å². The topological polar surface area (TPSA) is 16.4 Å². The third kappa shape index (κ3) is 6.65. The highest BCUT2D eigenvalue weighted by Crippen LogP contribution is 2.51. The van der Waals surface area contributed by atoms with Crippen LogP contribution in [-0.2, 0) is 5.41 Å². The van der Waals surface area contributed by atoms with Crippen molar-refractivity contribution in [2.75, 3.05) is 4.90 Å². The van der Waals surface area contributed by atoms with Crippen LogP contribution in [0.15, 0.2) is 241 Å². The second-order valence-electron chi connectivity index (χ2n) is 17.7. The van der Waals surface area contributed by atoms with Crippen molar-refractivity contribution >= 4 is 39.0 Å². The quantitative estimate of drug-likeness (QED) is 0.152. The summed E-state index contributed by atoms with van der Waals surface area (Å²) >= 11 is 0. The minimum absolute atomic E-state index is 0.115. The first-order valence-electron chi connectivity index (χ1n) is 22.5. The Bertz CT molecular complexity index is 3530. The smallest absolute Gasteiger partial charge is 0.143 e. The molecule has 2 nitrogen and oxygen atoms in total. The zero-order valence-corrected chi connectivity index (χ0v) is 36.4. The summed E-state index contributed by atoms with van der Waals surface area (Å²) in [5.41, 5.74) is 22.1. The Labute approximate surface area is 380 Å². The molecular formula is C63H45NO. The molecule has 0 bridgehead atoms. The minimum atomic E-state index is -0.115. The normalized spacial score (nSPS) is 12.6. The van der Waals surface area contributed by atoms with Gasteiger partial charge in [-0.25, -0.2) is 0 Å². The Morgan fingerprint density at radius 2 is 0.785 bits per heavy atom. The van der Waals surface area contributed by atoms with E-state index in [9.17, 15) is 0 Å². The first-order valence-corrected chi connectivity index (χ1v) is 22.5. The molecule has 0 amide bonds. The van der Waals surface area contributed by atoms with Gasteiger partial charge in [-0.1, -0.05) is 202 Å². The molecule has 0 saturated heterocycles. The van der Waals surface area contributed by atoms with Crippen molar-refractivity contribution in [2.24, 2.45) is 0 Å². The summed E-state index contributed by atoms with van der Waals surface area (Å²) in [7, 11) is 0. The number of benzene rings is 10. The second kappa shape index (κ2) is 15.6. The molecule has 12 rings (SSSR count). The van der Waals surface area contributed by atoms with E-state index in [1.54, 1.807) is 0 Å². The molecule has 0 unspecified atom stereocenters. The van der Waals surface area contributed by atoms with Gasteiger partial charge in [0.05, 0.1) is 0 Å². The van der Waals surface area contributed by atoms with Crippen molar-refractivity contribution in [1.82, 2.24) is 0 Å². The summed E-state index contributed by atoms with van der Waals surface area (Å²) < 4.78 is 6.44.